The number of pyridine rings is 1. The normalized spacial score (nSPS) is 11.7. The molecule has 49 heavy (non-hydrogen) atoms. The van der Waals surface area contributed by atoms with Gasteiger partial charge < -0.3 is 4.42 Å². The van der Waals surface area contributed by atoms with Crippen LogP contribution in [0.25, 0.3) is 99.5 Å². The Morgan fingerprint density at radius 1 is 0.388 bits per heavy atom. The third kappa shape index (κ3) is 4.63. The van der Waals surface area contributed by atoms with E-state index in [4.69, 9.17) is 19.4 Å². The van der Waals surface area contributed by atoms with Gasteiger partial charge in [0, 0.05) is 33.7 Å². The second kappa shape index (κ2) is 10.9. The fraction of sp³-hybridized carbons (Fsp3) is 0. The molecule has 0 saturated heterocycles. The minimum atomic E-state index is 0.579. The molecular formula is C44H26N4O. The van der Waals surface area contributed by atoms with E-state index < -0.39 is 0 Å². The second-order valence-electron chi connectivity index (χ2n) is 12.3. The molecule has 3 aromatic heterocycles. The van der Waals surface area contributed by atoms with Crippen molar-refractivity contribution in [2.24, 2.45) is 0 Å². The Kier molecular flexibility index (Phi) is 6.11. The zero-order chi connectivity index (χ0) is 32.3. The summed E-state index contributed by atoms with van der Waals surface area (Å²) in [6.07, 6.45) is 3.56. The maximum atomic E-state index is 6.47. The lowest BCUT2D eigenvalue weighted by atomic mass is 9.95. The van der Waals surface area contributed by atoms with Crippen LogP contribution in [0.2, 0.25) is 0 Å². The van der Waals surface area contributed by atoms with Gasteiger partial charge in [-0.3, -0.25) is 4.98 Å². The molecule has 0 unspecified atom stereocenters. The molecule has 0 bridgehead atoms. The van der Waals surface area contributed by atoms with Gasteiger partial charge in [0.25, 0.3) is 0 Å². The molecule has 0 radical (unpaired) electrons. The molecule has 3 heterocycles. The van der Waals surface area contributed by atoms with Crippen LogP contribution in [0.5, 0.6) is 0 Å². The maximum absolute atomic E-state index is 6.47. The van der Waals surface area contributed by atoms with Crippen LogP contribution < -0.4 is 0 Å². The molecule has 5 nitrogen and oxygen atoms in total. The number of furan rings is 1. The molecule has 0 aliphatic heterocycles. The van der Waals surface area contributed by atoms with Crippen molar-refractivity contribution in [1.82, 2.24) is 19.9 Å². The standard InChI is InChI=1S/C44H26N4O/c1-2-10-29(11-3-1)42-46-43(33-17-14-27-8-4-5-12-30(27)23-33)48-44(47-42)38-24-34(25-39-41(38)37-20-21-45-26-40(37)49-39)31-18-19-36-32(22-31)16-15-28-9-6-7-13-35(28)36/h1-26H. The van der Waals surface area contributed by atoms with Crippen LogP contribution in [0.15, 0.2) is 162 Å². The number of rotatable bonds is 4. The number of hydrogen-bond donors (Lipinski definition) is 0. The lowest BCUT2D eigenvalue weighted by Crippen LogP contribution is -2.00. The molecule has 0 N–H and O–H groups in total. The van der Waals surface area contributed by atoms with Gasteiger partial charge in [-0.15, -0.1) is 0 Å². The van der Waals surface area contributed by atoms with E-state index in [1.54, 1.807) is 12.4 Å². The molecule has 0 aliphatic carbocycles. The Balaban J connectivity index is 1.23. The molecule has 0 atom stereocenters. The number of aromatic nitrogens is 4. The second-order valence-corrected chi connectivity index (χ2v) is 12.3. The average molecular weight is 627 g/mol. The summed E-state index contributed by atoms with van der Waals surface area (Å²) in [4.78, 5) is 19.7. The number of hydrogen-bond acceptors (Lipinski definition) is 5. The average Bonchev–Trinajstić information content (AvgIpc) is 3.56. The van der Waals surface area contributed by atoms with Crippen molar-refractivity contribution in [3.8, 4) is 45.3 Å². The zero-order valence-corrected chi connectivity index (χ0v) is 26.2. The first-order valence-corrected chi connectivity index (χ1v) is 16.3. The summed E-state index contributed by atoms with van der Waals surface area (Å²) in [5.74, 6) is 1.80. The van der Waals surface area contributed by atoms with Crippen molar-refractivity contribution < 1.29 is 4.42 Å². The zero-order valence-electron chi connectivity index (χ0n) is 26.2. The first kappa shape index (κ1) is 27.4. The topological polar surface area (TPSA) is 64.7 Å². The Bertz CT molecular complexity index is 2890. The molecule has 0 spiro atoms. The maximum Gasteiger partial charge on any atom is 0.164 e. The lowest BCUT2D eigenvalue weighted by Gasteiger charge is -2.12. The van der Waals surface area contributed by atoms with Crippen LogP contribution >= 0.6 is 0 Å². The van der Waals surface area contributed by atoms with Gasteiger partial charge in [-0.2, -0.15) is 0 Å². The van der Waals surface area contributed by atoms with Gasteiger partial charge in [0.15, 0.2) is 23.1 Å². The van der Waals surface area contributed by atoms with Crippen molar-refractivity contribution >= 4 is 54.3 Å². The molecule has 0 fully saturated rings. The summed E-state index contributed by atoms with van der Waals surface area (Å²) in [7, 11) is 0. The van der Waals surface area contributed by atoms with Crippen LogP contribution in [0.3, 0.4) is 0 Å². The summed E-state index contributed by atoms with van der Waals surface area (Å²) < 4.78 is 6.47. The van der Waals surface area contributed by atoms with Crippen molar-refractivity contribution in [1.29, 1.82) is 0 Å². The molecule has 7 aromatic carbocycles. The van der Waals surface area contributed by atoms with E-state index in [1.165, 1.54) is 26.9 Å². The monoisotopic (exact) mass is 626 g/mol. The minimum Gasteiger partial charge on any atom is -0.454 e. The van der Waals surface area contributed by atoms with Crippen molar-refractivity contribution in [3.05, 3.63) is 158 Å². The van der Waals surface area contributed by atoms with Crippen LogP contribution in [-0.2, 0) is 0 Å². The third-order valence-corrected chi connectivity index (χ3v) is 9.37. The van der Waals surface area contributed by atoms with E-state index in [1.807, 2.05) is 36.4 Å². The molecule has 228 valence electrons. The van der Waals surface area contributed by atoms with Gasteiger partial charge in [0.2, 0.25) is 0 Å². The number of benzene rings is 7. The fourth-order valence-electron chi connectivity index (χ4n) is 6.97. The number of nitrogens with zero attached hydrogens (tertiary/aromatic N) is 4. The van der Waals surface area contributed by atoms with E-state index in [-0.39, 0.29) is 0 Å². The van der Waals surface area contributed by atoms with Gasteiger partial charge in [0.1, 0.15) is 5.58 Å². The molecule has 5 heteroatoms. The van der Waals surface area contributed by atoms with E-state index in [9.17, 15) is 0 Å². The van der Waals surface area contributed by atoms with Crippen molar-refractivity contribution in [3.63, 3.8) is 0 Å². The molecule has 0 amide bonds. The SMILES string of the molecule is c1ccc(-c2nc(-c3ccc4ccccc4c3)nc(-c3cc(-c4ccc5c(ccc6ccccc65)c4)cc4oc5cnccc5c34)n2)cc1. The fourth-order valence-corrected chi connectivity index (χ4v) is 6.97. The quantitative estimate of drug-likeness (QED) is 0.182. The van der Waals surface area contributed by atoms with E-state index in [0.29, 0.717) is 23.1 Å². The van der Waals surface area contributed by atoms with Crippen LogP contribution in [0.1, 0.15) is 0 Å². The Morgan fingerprint density at radius 2 is 1.06 bits per heavy atom. The Labute approximate surface area is 281 Å². The first-order chi connectivity index (χ1) is 24.2. The van der Waals surface area contributed by atoms with Crippen LogP contribution in [-0.4, -0.2) is 19.9 Å². The minimum absolute atomic E-state index is 0.579. The highest BCUT2D eigenvalue weighted by molar-refractivity contribution is 6.13. The molecule has 0 saturated carbocycles. The highest BCUT2D eigenvalue weighted by Gasteiger charge is 2.20. The van der Waals surface area contributed by atoms with Gasteiger partial charge >= 0.3 is 0 Å². The molecule has 0 aliphatic rings. The molecule has 10 aromatic rings. The van der Waals surface area contributed by atoms with E-state index in [2.05, 4.69) is 114 Å². The highest BCUT2D eigenvalue weighted by atomic mass is 16.3. The van der Waals surface area contributed by atoms with E-state index in [0.717, 1.165) is 49.6 Å². The predicted octanol–water partition coefficient (Wildman–Crippen LogP) is 11.3. The summed E-state index contributed by atoms with van der Waals surface area (Å²) >= 11 is 0. The summed E-state index contributed by atoms with van der Waals surface area (Å²) in [5.41, 5.74) is 6.28. The van der Waals surface area contributed by atoms with Crippen LogP contribution in [0, 0.1) is 0 Å². The van der Waals surface area contributed by atoms with Gasteiger partial charge in [-0.1, -0.05) is 115 Å². The number of fused-ring (bicyclic) bond motifs is 7. The van der Waals surface area contributed by atoms with Crippen molar-refractivity contribution in [2.75, 3.05) is 0 Å². The smallest absolute Gasteiger partial charge is 0.164 e. The van der Waals surface area contributed by atoms with E-state index >= 15 is 0 Å². The summed E-state index contributed by atoms with van der Waals surface area (Å²) in [6.45, 7) is 0. The highest BCUT2D eigenvalue weighted by Crippen LogP contribution is 2.40. The summed E-state index contributed by atoms with van der Waals surface area (Å²) in [5, 5.41) is 9.08. The predicted molar refractivity (Wildman–Crippen MR) is 199 cm³/mol. The largest absolute Gasteiger partial charge is 0.454 e. The van der Waals surface area contributed by atoms with Gasteiger partial charge in [0.05, 0.1) is 6.20 Å². The Morgan fingerprint density at radius 3 is 1.96 bits per heavy atom. The molecule has 10 rings (SSSR count). The van der Waals surface area contributed by atoms with Crippen LogP contribution in [0.4, 0.5) is 0 Å². The van der Waals surface area contributed by atoms with Gasteiger partial charge in [-0.25, -0.2) is 15.0 Å². The van der Waals surface area contributed by atoms with Crippen molar-refractivity contribution in [2.45, 2.75) is 0 Å². The molecular weight excluding hydrogens is 601 g/mol. The Hall–Kier alpha value is -6.72. The lowest BCUT2D eigenvalue weighted by molar-refractivity contribution is 0.667. The van der Waals surface area contributed by atoms with Gasteiger partial charge in [-0.05, 0) is 73.8 Å². The first-order valence-electron chi connectivity index (χ1n) is 16.3. The third-order valence-electron chi connectivity index (χ3n) is 9.37. The summed E-state index contributed by atoms with van der Waals surface area (Å²) in [6, 6.07) is 50.6.